The van der Waals surface area contributed by atoms with Crippen molar-refractivity contribution in [3.63, 3.8) is 0 Å². The zero-order valence-corrected chi connectivity index (χ0v) is 13.4. The fraction of sp³-hybridized carbons (Fsp3) is 0.467. The summed E-state index contributed by atoms with van der Waals surface area (Å²) in [6, 6.07) is 3.77. The van der Waals surface area contributed by atoms with Crippen LogP contribution in [0.25, 0.3) is 0 Å². The Kier molecular flexibility index (Phi) is 3.57. The minimum absolute atomic E-state index is 0.129. The quantitative estimate of drug-likeness (QED) is 0.901. The zero-order valence-electron chi connectivity index (χ0n) is 12.6. The molecule has 2 aliphatic rings. The molecule has 0 spiro atoms. The van der Waals surface area contributed by atoms with E-state index in [9.17, 15) is 8.42 Å². The average Bonchev–Trinajstić information content (AvgIpc) is 2.99. The molecule has 0 aromatic carbocycles. The second-order valence-corrected chi connectivity index (χ2v) is 7.59. The SMILES string of the molecule is O=S(=O)(NC1CCc2ncccc2C1)c1cnn2c1OCCC2. The fourth-order valence-electron chi connectivity index (χ4n) is 3.17. The summed E-state index contributed by atoms with van der Waals surface area (Å²) in [4.78, 5) is 4.48. The van der Waals surface area contributed by atoms with Gasteiger partial charge in [-0.25, -0.2) is 17.8 Å². The van der Waals surface area contributed by atoms with E-state index in [1.807, 2.05) is 12.1 Å². The van der Waals surface area contributed by atoms with Gasteiger partial charge in [0, 0.05) is 30.9 Å². The summed E-state index contributed by atoms with van der Waals surface area (Å²) in [5, 5.41) is 4.11. The fourth-order valence-corrected chi connectivity index (χ4v) is 4.52. The van der Waals surface area contributed by atoms with Crippen molar-refractivity contribution in [1.82, 2.24) is 19.5 Å². The molecule has 1 aliphatic heterocycles. The molecule has 3 heterocycles. The van der Waals surface area contributed by atoms with E-state index in [2.05, 4.69) is 14.8 Å². The molecule has 2 aromatic heterocycles. The van der Waals surface area contributed by atoms with Crippen molar-refractivity contribution in [3.05, 3.63) is 35.8 Å². The average molecular weight is 334 g/mol. The number of sulfonamides is 1. The summed E-state index contributed by atoms with van der Waals surface area (Å²) in [6.07, 6.45) is 6.18. The number of aromatic nitrogens is 3. The number of aryl methyl sites for hydroxylation is 2. The molecule has 1 aliphatic carbocycles. The van der Waals surface area contributed by atoms with Gasteiger partial charge >= 0.3 is 0 Å². The predicted molar refractivity (Wildman–Crippen MR) is 82.7 cm³/mol. The highest BCUT2D eigenvalue weighted by atomic mass is 32.2. The van der Waals surface area contributed by atoms with E-state index >= 15 is 0 Å². The molecule has 0 amide bonds. The van der Waals surface area contributed by atoms with Gasteiger partial charge in [-0.3, -0.25) is 4.98 Å². The zero-order chi connectivity index (χ0) is 15.9. The topological polar surface area (TPSA) is 86.1 Å². The molecule has 7 nitrogen and oxygen atoms in total. The van der Waals surface area contributed by atoms with E-state index in [1.165, 1.54) is 6.20 Å². The Hall–Kier alpha value is -1.93. The Balaban J connectivity index is 1.56. The first-order valence-electron chi connectivity index (χ1n) is 7.77. The first-order chi connectivity index (χ1) is 11.1. The van der Waals surface area contributed by atoms with Crippen LogP contribution in [0.5, 0.6) is 5.88 Å². The highest BCUT2D eigenvalue weighted by Crippen LogP contribution is 2.28. The lowest BCUT2D eigenvalue weighted by Crippen LogP contribution is -2.39. The van der Waals surface area contributed by atoms with Crippen molar-refractivity contribution in [2.45, 2.75) is 43.2 Å². The normalized spacial score (nSPS) is 20.4. The molecular formula is C15H18N4O3S. The van der Waals surface area contributed by atoms with Crippen LogP contribution in [0, 0.1) is 0 Å². The van der Waals surface area contributed by atoms with Crippen molar-refractivity contribution in [1.29, 1.82) is 0 Å². The van der Waals surface area contributed by atoms with Gasteiger partial charge in [-0.15, -0.1) is 0 Å². The van der Waals surface area contributed by atoms with Crippen LogP contribution in [0.4, 0.5) is 0 Å². The third-order valence-corrected chi connectivity index (χ3v) is 5.81. The highest BCUT2D eigenvalue weighted by molar-refractivity contribution is 7.89. The van der Waals surface area contributed by atoms with Gasteiger partial charge in [-0.1, -0.05) is 6.07 Å². The number of hydrogen-bond acceptors (Lipinski definition) is 5. The number of nitrogens with zero attached hydrogens (tertiary/aromatic N) is 3. The van der Waals surface area contributed by atoms with Crippen LogP contribution >= 0.6 is 0 Å². The summed E-state index contributed by atoms with van der Waals surface area (Å²) in [5.74, 6) is 0.349. The Morgan fingerprint density at radius 1 is 1.39 bits per heavy atom. The maximum absolute atomic E-state index is 12.7. The van der Waals surface area contributed by atoms with E-state index in [4.69, 9.17) is 4.74 Å². The lowest BCUT2D eigenvalue weighted by Gasteiger charge is -2.24. The van der Waals surface area contributed by atoms with E-state index < -0.39 is 10.0 Å². The van der Waals surface area contributed by atoms with Crippen LogP contribution in [-0.4, -0.2) is 35.8 Å². The van der Waals surface area contributed by atoms with Crippen molar-refractivity contribution in [2.24, 2.45) is 0 Å². The minimum atomic E-state index is -3.64. The number of ether oxygens (including phenoxy) is 1. The molecule has 1 N–H and O–H groups in total. The smallest absolute Gasteiger partial charge is 0.247 e. The monoisotopic (exact) mass is 334 g/mol. The van der Waals surface area contributed by atoms with E-state index in [0.717, 1.165) is 30.5 Å². The van der Waals surface area contributed by atoms with Gasteiger partial charge in [0.25, 0.3) is 0 Å². The summed E-state index contributed by atoms with van der Waals surface area (Å²) < 4.78 is 35.3. The lowest BCUT2D eigenvalue weighted by atomic mass is 9.93. The van der Waals surface area contributed by atoms with Gasteiger partial charge < -0.3 is 4.74 Å². The number of rotatable bonds is 3. The Labute approximate surface area is 134 Å². The largest absolute Gasteiger partial charge is 0.477 e. The minimum Gasteiger partial charge on any atom is -0.477 e. The van der Waals surface area contributed by atoms with E-state index in [1.54, 1.807) is 10.9 Å². The lowest BCUT2D eigenvalue weighted by molar-refractivity contribution is 0.224. The van der Waals surface area contributed by atoms with Gasteiger partial charge in [0.05, 0.1) is 12.8 Å². The Bertz CT molecular complexity index is 831. The second-order valence-electron chi connectivity index (χ2n) is 5.91. The predicted octanol–water partition coefficient (Wildman–Crippen LogP) is 0.896. The van der Waals surface area contributed by atoms with Crippen molar-refractivity contribution in [3.8, 4) is 5.88 Å². The number of nitrogens with one attached hydrogen (secondary N) is 1. The van der Waals surface area contributed by atoms with Gasteiger partial charge in [0.2, 0.25) is 15.9 Å². The number of fused-ring (bicyclic) bond motifs is 2. The molecular weight excluding hydrogens is 316 g/mol. The maximum Gasteiger partial charge on any atom is 0.247 e. The van der Waals surface area contributed by atoms with E-state index in [0.29, 0.717) is 25.5 Å². The van der Waals surface area contributed by atoms with Gasteiger partial charge in [-0.2, -0.15) is 5.10 Å². The summed E-state index contributed by atoms with van der Waals surface area (Å²) >= 11 is 0. The first-order valence-corrected chi connectivity index (χ1v) is 9.25. The third kappa shape index (κ3) is 2.72. The van der Waals surface area contributed by atoms with Crippen molar-refractivity contribution in [2.75, 3.05) is 6.61 Å². The number of pyridine rings is 1. The molecule has 1 unspecified atom stereocenters. The Morgan fingerprint density at radius 3 is 3.22 bits per heavy atom. The van der Waals surface area contributed by atoms with Crippen LogP contribution < -0.4 is 9.46 Å². The molecule has 0 saturated carbocycles. The molecule has 0 saturated heterocycles. The molecule has 2 aromatic rings. The highest BCUT2D eigenvalue weighted by Gasteiger charge is 2.30. The van der Waals surface area contributed by atoms with E-state index in [-0.39, 0.29) is 10.9 Å². The Morgan fingerprint density at radius 2 is 2.30 bits per heavy atom. The van der Waals surface area contributed by atoms with Crippen molar-refractivity contribution < 1.29 is 13.2 Å². The van der Waals surface area contributed by atoms with Gasteiger partial charge in [0.15, 0.2) is 4.90 Å². The standard InChI is InChI=1S/C15H18N4O3S/c20-23(21,14-10-17-19-7-2-8-22-15(14)19)18-12-4-5-13-11(9-12)3-1-6-16-13/h1,3,6,10,12,18H,2,4-5,7-9H2. The maximum atomic E-state index is 12.7. The molecule has 23 heavy (non-hydrogen) atoms. The van der Waals surface area contributed by atoms with Crippen molar-refractivity contribution >= 4 is 10.0 Å². The molecule has 0 radical (unpaired) electrons. The van der Waals surface area contributed by atoms with Crippen LogP contribution in [-0.2, 0) is 29.4 Å². The summed E-state index contributed by atoms with van der Waals surface area (Å²) in [5.41, 5.74) is 2.17. The summed E-state index contributed by atoms with van der Waals surface area (Å²) in [7, 11) is -3.64. The molecule has 4 rings (SSSR count). The van der Waals surface area contributed by atoms with Crippen LogP contribution in [0.1, 0.15) is 24.1 Å². The van der Waals surface area contributed by atoms with Crippen LogP contribution in [0.2, 0.25) is 0 Å². The van der Waals surface area contributed by atoms with Crippen LogP contribution in [0.3, 0.4) is 0 Å². The third-order valence-electron chi connectivity index (χ3n) is 4.30. The molecule has 0 fully saturated rings. The van der Waals surface area contributed by atoms with Crippen LogP contribution in [0.15, 0.2) is 29.4 Å². The molecule has 1 atom stereocenters. The first kappa shape index (κ1) is 14.6. The van der Waals surface area contributed by atoms with Gasteiger partial charge in [-0.05, 0) is 30.9 Å². The number of hydrogen-bond donors (Lipinski definition) is 1. The second kappa shape index (κ2) is 5.61. The molecule has 122 valence electrons. The molecule has 0 bridgehead atoms. The molecule has 8 heteroatoms. The summed E-state index contributed by atoms with van der Waals surface area (Å²) in [6.45, 7) is 1.21. The van der Waals surface area contributed by atoms with Gasteiger partial charge in [0.1, 0.15) is 0 Å².